The lowest BCUT2D eigenvalue weighted by molar-refractivity contribution is -0.123. The van der Waals surface area contributed by atoms with Crippen LogP contribution in [0.15, 0.2) is 53.6 Å². The number of hydrogen-bond donors (Lipinski definition) is 0. The molecular weight excluding hydrogens is 384 g/mol. The molecule has 0 saturated heterocycles. The topological polar surface area (TPSA) is 43.4 Å². The van der Waals surface area contributed by atoms with Crippen molar-refractivity contribution in [2.45, 2.75) is 65.4 Å². The number of Topliss-reactive ketones (excluding diaryl/α,β-unsaturated/α-hetero) is 1. The second-order valence-electron chi connectivity index (χ2n) is 10.7. The number of ether oxygens (including phenoxy) is 1. The Morgan fingerprint density at radius 3 is 2.65 bits per heavy atom. The number of hydrogen-bond acceptors (Lipinski definition) is 3. The number of benzene rings is 1. The van der Waals surface area contributed by atoms with Crippen molar-refractivity contribution in [2.24, 2.45) is 28.6 Å². The Bertz CT molecular complexity index is 942. The molecule has 3 nitrogen and oxygen atoms in total. The highest BCUT2D eigenvalue weighted by Gasteiger charge is 2.57. The number of rotatable bonds is 5. The summed E-state index contributed by atoms with van der Waals surface area (Å²) in [6, 6.07) is 10.0. The maximum atomic E-state index is 13.1. The van der Waals surface area contributed by atoms with Gasteiger partial charge in [-0.1, -0.05) is 55.8 Å². The largest absolute Gasteiger partial charge is 0.369 e. The van der Waals surface area contributed by atoms with Gasteiger partial charge in [0.2, 0.25) is 0 Å². The maximum Gasteiger partial charge on any atom is 0.184 e. The Kier molecular flexibility index (Phi) is 5.29. The van der Waals surface area contributed by atoms with Gasteiger partial charge in [-0.2, -0.15) is 0 Å². The lowest BCUT2D eigenvalue weighted by Crippen LogP contribution is -2.50. The van der Waals surface area contributed by atoms with Crippen molar-refractivity contribution in [1.82, 2.24) is 0 Å². The minimum atomic E-state index is -0.0174. The fourth-order valence-electron chi connectivity index (χ4n) is 7.47. The zero-order chi connectivity index (χ0) is 21.6. The van der Waals surface area contributed by atoms with Gasteiger partial charge < -0.3 is 4.74 Å². The summed E-state index contributed by atoms with van der Waals surface area (Å²) in [5, 5.41) is 0. The highest BCUT2D eigenvalue weighted by molar-refractivity contribution is 5.98. The normalized spacial score (nSPS) is 36.7. The predicted molar refractivity (Wildman–Crippen MR) is 121 cm³/mol. The number of fused-ring (bicyclic) bond motifs is 5. The standard InChI is InChI=1S/C28H34O3/c1-27-14-12-21(29)16-20(27)8-9-22-23-10-11-25(28(23,2)15-13-24(22)27)26(30)18-31-17-19-6-4-3-5-7-19/h3-7,11,16,22-24H,8-10,12-15,17-18H2,1-2H3/t22-,23-,24-,27-,28-/m0/s1. The van der Waals surface area contributed by atoms with Gasteiger partial charge in [-0.05, 0) is 84.3 Å². The van der Waals surface area contributed by atoms with Gasteiger partial charge in [0.15, 0.2) is 11.6 Å². The summed E-state index contributed by atoms with van der Waals surface area (Å²) >= 11 is 0. The van der Waals surface area contributed by atoms with Crippen LogP contribution in [0.5, 0.6) is 0 Å². The van der Waals surface area contributed by atoms with Crippen molar-refractivity contribution in [3.05, 3.63) is 59.2 Å². The van der Waals surface area contributed by atoms with Crippen molar-refractivity contribution in [2.75, 3.05) is 6.61 Å². The van der Waals surface area contributed by atoms with Crippen LogP contribution < -0.4 is 0 Å². The molecule has 0 bridgehead atoms. The van der Waals surface area contributed by atoms with Crippen LogP contribution in [0.1, 0.15) is 64.4 Å². The molecule has 1 aromatic rings. The Morgan fingerprint density at radius 1 is 1.03 bits per heavy atom. The van der Waals surface area contributed by atoms with Crippen molar-refractivity contribution >= 4 is 11.6 Å². The van der Waals surface area contributed by atoms with Crippen molar-refractivity contribution in [1.29, 1.82) is 0 Å². The van der Waals surface area contributed by atoms with Gasteiger partial charge in [0.1, 0.15) is 6.61 Å². The summed E-state index contributed by atoms with van der Waals surface area (Å²) in [7, 11) is 0. The molecule has 5 rings (SSSR count). The van der Waals surface area contributed by atoms with Gasteiger partial charge >= 0.3 is 0 Å². The molecule has 4 aliphatic rings. The molecular formula is C28H34O3. The molecule has 0 radical (unpaired) electrons. The fourth-order valence-corrected chi connectivity index (χ4v) is 7.47. The van der Waals surface area contributed by atoms with Crippen molar-refractivity contribution in [3.63, 3.8) is 0 Å². The molecule has 5 atom stereocenters. The number of ketones is 2. The molecule has 2 fully saturated rings. The molecule has 31 heavy (non-hydrogen) atoms. The van der Waals surface area contributed by atoms with Crippen LogP contribution >= 0.6 is 0 Å². The van der Waals surface area contributed by atoms with E-state index in [1.807, 2.05) is 36.4 Å². The molecule has 0 unspecified atom stereocenters. The lowest BCUT2D eigenvalue weighted by atomic mass is 9.47. The summed E-state index contributed by atoms with van der Waals surface area (Å²) in [5.41, 5.74) is 3.70. The van der Waals surface area contributed by atoms with E-state index in [9.17, 15) is 9.59 Å². The maximum absolute atomic E-state index is 13.1. The second kappa shape index (κ2) is 7.85. The third-order valence-corrected chi connectivity index (χ3v) is 9.19. The van der Waals surface area contributed by atoms with Gasteiger partial charge in [-0.25, -0.2) is 0 Å². The first-order chi connectivity index (χ1) is 14.9. The highest BCUT2D eigenvalue weighted by atomic mass is 16.5. The first kappa shape index (κ1) is 20.9. The van der Waals surface area contributed by atoms with E-state index in [0.29, 0.717) is 36.6 Å². The van der Waals surface area contributed by atoms with E-state index in [2.05, 4.69) is 19.9 Å². The van der Waals surface area contributed by atoms with E-state index in [4.69, 9.17) is 4.74 Å². The van der Waals surface area contributed by atoms with Crippen LogP contribution in [0.3, 0.4) is 0 Å². The van der Waals surface area contributed by atoms with E-state index in [0.717, 1.165) is 43.2 Å². The summed E-state index contributed by atoms with van der Waals surface area (Å²) in [5.74, 6) is 2.34. The van der Waals surface area contributed by atoms with Crippen LogP contribution in [0.2, 0.25) is 0 Å². The summed E-state index contributed by atoms with van der Waals surface area (Å²) in [4.78, 5) is 25.2. The Morgan fingerprint density at radius 2 is 1.84 bits per heavy atom. The minimum Gasteiger partial charge on any atom is -0.369 e. The Labute approximate surface area is 185 Å². The third kappa shape index (κ3) is 3.46. The Hall–Kier alpha value is -2.00. The van der Waals surface area contributed by atoms with E-state index < -0.39 is 0 Å². The van der Waals surface area contributed by atoms with E-state index in [1.165, 1.54) is 12.0 Å². The lowest BCUT2D eigenvalue weighted by Gasteiger charge is -2.57. The quantitative estimate of drug-likeness (QED) is 0.603. The van der Waals surface area contributed by atoms with Crippen LogP contribution in [0.25, 0.3) is 0 Å². The predicted octanol–water partition coefficient (Wildman–Crippen LogP) is 5.84. The fraction of sp³-hybridized carbons (Fsp3) is 0.571. The van der Waals surface area contributed by atoms with E-state index in [1.54, 1.807) is 0 Å². The van der Waals surface area contributed by atoms with Gasteiger partial charge in [-0.15, -0.1) is 0 Å². The van der Waals surface area contributed by atoms with Gasteiger partial charge in [0.25, 0.3) is 0 Å². The molecule has 0 N–H and O–H groups in total. The first-order valence-corrected chi connectivity index (χ1v) is 12.0. The zero-order valence-electron chi connectivity index (χ0n) is 18.9. The smallest absolute Gasteiger partial charge is 0.184 e. The van der Waals surface area contributed by atoms with E-state index in [-0.39, 0.29) is 23.2 Å². The molecule has 0 heterocycles. The molecule has 2 saturated carbocycles. The van der Waals surface area contributed by atoms with Crippen LogP contribution in [-0.4, -0.2) is 18.2 Å². The number of allylic oxidation sites excluding steroid dienone is 3. The van der Waals surface area contributed by atoms with E-state index >= 15 is 0 Å². The average Bonchev–Trinajstić information content (AvgIpc) is 3.12. The molecule has 0 amide bonds. The molecule has 1 aromatic carbocycles. The first-order valence-electron chi connectivity index (χ1n) is 12.0. The van der Waals surface area contributed by atoms with Crippen molar-refractivity contribution < 1.29 is 14.3 Å². The molecule has 3 heteroatoms. The van der Waals surface area contributed by atoms with Crippen molar-refractivity contribution in [3.8, 4) is 0 Å². The highest BCUT2D eigenvalue weighted by Crippen LogP contribution is 2.65. The molecule has 4 aliphatic carbocycles. The number of carbonyl (C=O) groups is 2. The SMILES string of the molecule is C[C@]12CCC(=O)C=C1CC[C@@H]1[C@@H]2CC[C@]2(C)C(C(=O)COCc3ccccc3)=CC[C@@H]12. The molecule has 0 aliphatic heterocycles. The monoisotopic (exact) mass is 418 g/mol. The molecule has 0 spiro atoms. The van der Waals surface area contributed by atoms with Gasteiger partial charge in [0.05, 0.1) is 6.61 Å². The van der Waals surface area contributed by atoms with Gasteiger partial charge in [0, 0.05) is 6.42 Å². The zero-order valence-corrected chi connectivity index (χ0v) is 18.9. The van der Waals surface area contributed by atoms with Gasteiger partial charge in [-0.3, -0.25) is 9.59 Å². The molecule has 0 aromatic heterocycles. The Balaban J connectivity index is 1.28. The second-order valence-corrected chi connectivity index (χ2v) is 10.7. The van der Waals surface area contributed by atoms with Crippen LogP contribution in [0, 0.1) is 28.6 Å². The van der Waals surface area contributed by atoms with Crippen LogP contribution in [0.4, 0.5) is 0 Å². The average molecular weight is 419 g/mol. The van der Waals surface area contributed by atoms with Crippen LogP contribution in [-0.2, 0) is 20.9 Å². The third-order valence-electron chi connectivity index (χ3n) is 9.19. The number of carbonyl (C=O) groups excluding carboxylic acids is 2. The summed E-state index contributed by atoms with van der Waals surface area (Å²) < 4.78 is 5.79. The minimum absolute atomic E-state index is 0.0174. The molecule has 164 valence electrons. The summed E-state index contributed by atoms with van der Waals surface area (Å²) in [6.07, 6.45) is 11.4. The summed E-state index contributed by atoms with van der Waals surface area (Å²) in [6.45, 7) is 5.40.